The molecule has 1 atom stereocenters. The highest BCUT2D eigenvalue weighted by Gasteiger charge is 2.25. The zero-order chi connectivity index (χ0) is 14.5. The number of benzene rings is 1. The Morgan fingerprint density at radius 2 is 2.35 bits per heavy atom. The van der Waals surface area contributed by atoms with Gasteiger partial charge in [-0.3, -0.25) is 15.4 Å². The first-order valence-corrected chi connectivity index (χ1v) is 6.69. The molecular formula is C14H17N3O3. The molecule has 1 aliphatic rings. The number of rotatable bonds is 7. The van der Waals surface area contributed by atoms with E-state index in [0.717, 1.165) is 24.8 Å². The van der Waals surface area contributed by atoms with Gasteiger partial charge < -0.3 is 4.74 Å². The second kappa shape index (κ2) is 6.35. The number of nitrogens with one attached hydrogen (secondary N) is 1. The van der Waals surface area contributed by atoms with Gasteiger partial charge in [-0.2, -0.15) is 5.26 Å². The normalized spacial score (nSPS) is 15.4. The molecule has 1 unspecified atom stereocenters. The van der Waals surface area contributed by atoms with E-state index in [1.54, 1.807) is 12.1 Å². The van der Waals surface area contributed by atoms with E-state index in [-0.39, 0.29) is 18.0 Å². The van der Waals surface area contributed by atoms with Gasteiger partial charge in [0, 0.05) is 12.1 Å². The van der Waals surface area contributed by atoms with Crippen LogP contribution in [-0.2, 0) is 6.42 Å². The molecule has 0 bridgehead atoms. The number of hydrogen-bond acceptors (Lipinski definition) is 5. The Balaban J connectivity index is 2.04. The molecule has 0 radical (unpaired) electrons. The second-order valence-electron chi connectivity index (χ2n) is 4.85. The van der Waals surface area contributed by atoms with Crippen molar-refractivity contribution in [3.63, 3.8) is 0 Å². The third-order valence-electron chi connectivity index (χ3n) is 3.20. The Labute approximate surface area is 117 Å². The van der Waals surface area contributed by atoms with E-state index in [9.17, 15) is 10.1 Å². The van der Waals surface area contributed by atoms with Crippen LogP contribution in [0, 0.1) is 21.4 Å². The van der Waals surface area contributed by atoms with Crippen LogP contribution in [0.2, 0.25) is 0 Å². The number of ether oxygens (including phenoxy) is 1. The van der Waals surface area contributed by atoms with Crippen molar-refractivity contribution in [1.29, 1.82) is 5.26 Å². The van der Waals surface area contributed by atoms with Crippen LogP contribution in [0.1, 0.15) is 25.3 Å². The van der Waals surface area contributed by atoms with Gasteiger partial charge in [0.15, 0.2) is 5.75 Å². The quantitative estimate of drug-likeness (QED) is 0.608. The maximum atomic E-state index is 11.0. The summed E-state index contributed by atoms with van der Waals surface area (Å²) in [5, 5.41) is 23.2. The molecule has 6 nitrogen and oxygen atoms in total. The summed E-state index contributed by atoms with van der Waals surface area (Å²) in [5.74, 6) is 0.213. The summed E-state index contributed by atoms with van der Waals surface area (Å²) in [5.41, 5.74) is 0.837. The molecule has 0 saturated heterocycles. The lowest BCUT2D eigenvalue weighted by Gasteiger charge is -2.12. The van der Waals surface area contributed by atoms with E-state index in [4.69, 9.17) is 10.00 Å². The number of aryl methyl sites for hydroxylation is 1. The first-order chi connectivity index (χ1) is 9.63. The molecule has 1 aromatic carbocycles. The lowest BCUT2D eigenvalue weighted by atomic mass is 10.1. The van der Waals surface area contributed by atoms with Crippen molar-refractivity contribution in [3.05, 3.63) is 33.9 Å². The summed E-state index contributed by atoms with van der Waals surface area (Å²) < 4.78 is 5.45. The molecule has 1 saturated carbocycles. The number of nitro benzene ring substituents is 1. The highest BCUT2D eigenvalue weighted by Crippen LogP contribution is 2.28. The predicted octanol–water partition coefficient (Wildman–Crippen LogP) is 2.18. The molecule has 6 heteroatoms. The molecule has 0 aromatic heterocycles. The minimum atomic E-state index is -0.454. The zero-order valence-corrected chi connectivity index (χ0v) is 11.3. The molecule has 1 aliphatic carbocycles. The first kappa shape index (κ1) is 14.3. The molecule has 2 rings (SSSR count). The highest BCUT2D eigenvalue weighted by molar-refractivity contribution is 5.48. The van der Waals surface area contributed by atoms with Gasteiger partial charge in [0.1, 0.15) is 12.6 Å². The summed E-state index contributed by atoms with van der Waals surface area (Å²) in [6.07, 6.45) is 2.87. The number of nitriles is 1. The Kier molecular flexibility index (Phi) is 4.53. The third kappa shape index (κ3) is 3.68. The van der Waals surface area contributed by atoms with Gasteiger partial charge in [0.2, 0.25) is 0 Å². The largest absolute Gasteiger partial charge is 0.484 e. The van der Waals surface area contributed by atoms with Crippen molar-refractivity contribution in [2.24, 2.45) is 0 Å². The van der Waals surface area contributed by atoms with E-state index >= 15 is 0 Å². The Hall–Kier alpha value is -2.13. The van der Waals surface area contributed by atoms with Crippen LogP contribution in [0.4, 0.5) is 5.69 Å². The van der Waals surface area contributed by atoms with Crippen LogP contribution in [0.15, 0.2) is 18.2 Å². The van der Waals surface area contributed by atoms with Gasteiger partial charge in [0.05, 0.1) is 11.0 Å². The average molecular weight is 275 g/mol. The fraction of sp³-hybridized carbons (Fsp3) is 0.500. The van der Waals surface area contributed by atoms with E-state index in [0.29, 0.717) is 6.04 Å². The second-order valence-corrected chi connectivity index (χ2v) is 4.85. The smallest absolute Gasteiger partial charge is 0.311 e. The molecule has 1 aromatic rings. The molecule has 20 heavy (non-hydrogen) atoms. The van der Waals surface area contributed by atoms with Gasteiger partial charge in [-0.25, -0.2) is 0 Å². The van der Waals surface area contributed by atoms with Crippen molar-refractivity contribution in [3.8, 4) is 11.8 Å². The van der Waals surface area contributed by atoms with Crippen molar-refractivity contribution >= 4 is 5.69 Å². The Morgan fingerprint density at radius 1 is 1.60 bits per heavy atom. The number of hydrogen-bond donors (Lipinski definition) is 1. The van der Waals surface area contributed by atoms with Gasteiger partial charge >= 0.3 is 5.69 Å². The molecule has 0 aliphatic heterocycles. The topological polar surface area (TPSA) is 88.2 Å². The average Bonchev–Trinajstić information content (AvgIpc) is 3.27. The molecular weight excluding hydrogens is 258 g/mol. The predicted molar refractivity (Wildman–Crippen MR) is 73.5 cm³/mol. The fourth-order valence-electron chi connectivity index (χ4n) is 1.88. The minimum absolute atomic E-state index is 0.0486. The van der Waals surface area contributed by atoms with Crippen LogP contribution >= 0.6 is 0 Å². The molecule has 0 spiro atoms. The van der Waals surface area contributed by atoms with Gasteiger partial charge in [-0.1, -0.05) is 13.0 Å². The van der Waals surface area contributed by atoms with E-state index < -0.39 is 11.0 Å². The van der Waals surface area contributed by atoms with Crippen LogP contribution in [0.25, 0.3) is 0 Å². The van der Waals surface area contributed by atoms with Gasteiger partial charge in [-0.05, 0) is 30.9 Å². The van der Waals surface area contributed by atoms with Crippen molar-refractivity contribution in [1.82, 2.24) is 5.32 Å². The molecule has 106 valence electrons. The third-order valence-corrected chi connectivity index (χ3v) is 3.20. The summed E-state index contributed by atoms with van der Waals surface area (Å²) in [6.45, 7) is 2.05. The van der Waals surface area contributed by atoms with Gasteiger partial charge in [0.25, 0.3) is 0 Å². The van der Waals surface area contributed by atoms with Crippen LogP contribution in [0.5, 0.6) is 5.75 Å². The summed E-state index contributed by atoms with van der Waals surface area (Å²) >= 11 is 0. The number of nitrogens with zero attached hydrogens (tertiary/aromatic N) is 2. The maximum absolute atomic E-state index is 11.0. The van der Waals surface area contributed by atoms with E-state index in [1.165, 1.54) is 6.07 Å². The standard InChI is InChI=1S/C14H17N3O3/c1-2-10-3-6-14(13(7-10)17(18)19)20-9-12(8-15)16-11-4-5-11/h3,6-7,11-12,16H,2,4-5,9H2,1H3. The summed E-state index contributed by atoms with van der Waals surface area (Å²) in [6, 6.07) is 6.98. The van der Waals surface area contributed by atoms with Gasteiger partial charge in [-0.15, -0.1) is 0 Å². The van der Waals surface area contributed by atoms with E-state index in [2.05, 4.69) is 11.4 Å². The molecule has 0 amide bonds. The van der Waals surface area contributed by atoms with Crippen LogP contribution in [-0.4, -0.2) is 23.6 Å². The summed E-state index contributed by atoms with van der Waals surface area (Å²) in [4.78, 5) is 10.6. The lowest BCUT2D eigenvalue weighted by molar-refractivity contribution is -0.385. The van der Waals surface area contributed by atoms with Crippen molar-refractivity contribution < 1.29 is 9.66 Å². The SMILES string of the molecule is CCc1ccc(OCC(C#N)NC2CC2)c([N+](=O)[O-])c1. The van der Waals surface area contributed by atoms with Crippen molar-refractivity contribution in [2.45, 2.75) is 38.3 Å². The first-order valence-electron chi connectivity index (χ1n) is 6.69. The maximum Gasteiger partial charge on any atom is 0.311 e. The molecule has 1 N–H and O–H groups in total. The lowest BCUT2D eigenvalue weighted by Crippen LogP contribution is -2.34. The molecule has 0 heterocycles. The Morgan fingerprint density at radius 3 is 2.90 bits per heavy atom. The van der Waals surface area contributed by atoms with Crippen molar-refractivity contribution in [2.75, 3.05) is 6.61 Å². The zero-order valence-electron chi connectivity index (χ0n) is 11.3. The highest BCUT2D eigenvalue weighted by atomic mass is 16.6. The fourth-order valence-corrected chi connectivity index (χ4v) is 1.88. The minimum Gasteiger partial charge on any atom is -0.484 e. The van der Waals surface area contributed by atoms with Crippen LogP contribution in [0.3, 0.4) is 0 Å². The number of nitro groups is 1. The monoisotopic (exact) mass is 275 g/mol. The van der Waals surface area contributed by atoms with E-state index in [1.807, 2.05) is 6.92 Å². The summed E-state index contributed by atoms with van der Waals surface area (Å²) in [7, 11) is 0. The van der Waals surface area contributed by atoms with Crippen LogP contribution < -0.4 is 10.1 Å². The molecule has 1 fully saturated rings. The Bertz CT molecular complexity index is 535.